The summed E-state index contributed by atoms with van der Waals surface area (Å²) in [7, 11) is 0. The maximum absolute atomic E-state index is 11.5. The van der Waals surface area contributed by atoms with E-state index in [-0.39, 0.29) is 6.09 Å². The van der Waals surface area contributed by atoms with E-state index in [4.69, 9.17) is 4.74 Å². The van der Waals surface area contributed by atoms with Crippen molar-refractivity contribution in [2.75, 3.05) is 6.54 Å². The molecule has 0 heterocycles. The first-order chi connectivity index (χ1) is 9.92. The lowest BCUT2D eigenvalue weighted by Crippen LogP contribution is -2.46. The topological polar surface area (TPSA) is 50.4 Å². The SMILES string of the molecule is CC(C)(C)OC(=O)NCC1CC(NCc2ccccc2)C1. The van der Waals surface area contributed by atoms with Gasteiger partial charge in [0.2, 0.25) is 0 Å². The number of rotatable bonds is 5. The second kappa shape index (κ2) is 6.94. The molecule has 116 valence electrons. The highest BCUT2D eigenvalue weighted by Crippen LogP contribution is 2.27. The van der Waals surface area contributed by atoms with Crippen LogP contribution in [0.15, 0.2) is 30.3 Å². The minimum atomic E-state index is -0.427. The Labute approximate surface area is 127 Å². The van der Waals surface area contributed by atoms with Gasteiger partial charge in [0.1, 0.15) is 5.60 Å². The summed E-state index contributed by atoms with van der Waals surface area (Å²) < 4.78 is 5.22. The van der Waals surface area contributed by atoms with Gasteiger partial charge in [-0.25, -0.2) is 4.79 Å². The number of carbonyl (C=O) groups excluding carboxylic acids is 1. The molecule has 0 unspecified atom stereocenters. The third-order valence-electron chi connectivity index (χ3n) is 3.61. The van der Waals surface area contributed by atoms with E-state index in [0.717, 1.165) is 19.4 Å². The zero-order valence-corrected chi connectivity index (χ0v) is 13.2. The molecule has 1 aromatic rings. The number of ether oxygens (including phenoxy) is 1. The fraction of sp³-hybridized carbons (Fsp3) is 0.588. The van der Waals surface area contributed by atoms with Crippen molar-refractivity contribution in [2.24, 2.45) is 5.92 Å². The quantitative estimate of drug-likeness (QED) is 0.876. The van der Waals surface area contributed by atoms with Crippen molar-refractivity contribution in [3.63, 3.8) is 0 Å². The van der Waals surface area contributed by atoms with Crippen LogP contribution in [0.4, 0.5) is 4.79 Å². The zero-order chi connectivity index (χ0) is 15.3. The van der Waals surface area contributed by atoms with Crippen LogP contribution in [0.5, 0.6) is 0 Å². The molecule has 0 saturated heterocycles. The van der Waals surface area contributed by atoms with E-state index in [1.54, 1.807) is 0 Å². The summed E-state index contributed by atoms with van der Waals surface area (Å²) in [6, 6.07) is 11.0. The number of nitrogens with one attached hydrogen (secondary N) is 2. The molecule has 4 heteroatoms. The van der Waals surface area contributed by atoms with Crippen molar-refractivity contribution in [1.82, 2.24) is 10.6 Å². The summed E-state index contributed by atoms with van der Waals surface area (Å²) in [5.41, 5.74) is 0.886. The molecule has 0 aliphatic heterocycles. The average molecular weight is 290 g/mol. The maximum Gasteiger partial charge on any atom is 0.407 e. The predicted molar refractivity (Wildman–Crippen MR) is 84.0 cm³/mol. The first-order valence-electron chi connectivity index (χ1n) is 7.66. The number of alkyl carbamates (subject to hydrolysis) is 1. The van der Waals surface area contributed by atoms with Gasteiger partial charge < -0.3 is 15.4 Å². The molecule has 1 amide bonds. The van der Waals surface area contributed by atoms with Gasteiger partial charge in [0, 0.05) is 19.1 Å². The normalized spacial score (nSPS) is 21.5. The van der Waals surface area contributed by atoms with E-state index in [1.165, 1.54) is 5.56 Å². The summed E-state index contributed by atoms with van der Waals surface area (Å²) >= 11 is 0. The van der Waals surface area contributed by atoms with Crippen molar-refractivity contribution in [3.05, 3.63) is 35.9 Å². The van der Waals surface area contributed by atoms with Gasteiger partial charge in [-0.2, -0.15) is 0 Å². The molecule has 1 aromatic carbocycles. The Kier molecular flexibility index (Phi) is 5.23. The summed E-state index contributed by atoms with van der Waals surface area (Å²) in [4.78, 5) is 11.5. The Morgan fingerprint density at radius 1 is 1.24 bits per heavy atom. The second-order valence-corrected chi connectivity index (χ2v) is 6.78. The molecule has 0 aromatic heterocycles. The molecule has 0 radical (unpaired) electrons. The van der Waals surface area contributed by atoms with E-state index in [2.05, 4.69) is 34.9 Å². The van der Waals surface area contributed by atoms with Crippen LogP contribution in [-0.2, 0) is 11.3 Å². The Morgan fingerprint density at radius 3 is 2.52 bits per heavy atom. The molecular formula is C17H26N2O2. The lowest BCUT2D eigenvalue weighted by molar-refractivity contribution is 0.0503. The molecule has 1 fully saturated rings. The highest BCUT2D eigenvalue weighted by molar-refractivity contribution is 5.67. The molecular weight excluding hydrogens is 264 g/mol. The number of amides is 1. The lowest BCUT2D eigenvalue weighted by atomic mass is 9.80. The predicted octanol–water partition coefficient (Wildman–Crippen LogP) is 3.08. The van der Waals surface area contributed by atoms with Gasteiger partial charge in [-0.15, -0.1) is 0 Å². The fourth-order valence-corrected chi connectivity index (χ4v) is 2.47. The van der Waals surface area contributed by atoms with Crippen molar-refractivity contribution in [1.29, 1.82) is 0 Å². The number of hydrogen-bond acceptors (Lipinski definition) is 3. The van der Waals surface area contributed by atoms with Crippen LogP contribution in [0.2, 0.25) is 0 Å². The van der Waals surface area contributed by atoms with Gasteiger partial charge in [0.25, 0.3) is 0 Å². The van der Waals surface area contributed by atoms with E-state index in [9.17, 15) is 4.79 Å². The molecule has 0 bridgehead atoms. The zero-order valence-electron chi connectivity index (χ0n) is 13.2. The molecule has 1 aliphatic carbocycles. The van der Waals surface area contributed by atoms with Crippen molar-refractivity contribution in [3.8, 4) is 0 Å². The van der Waals surface area contributed by atoms with Crippen molar-refractivity contribution >= 4 is 6.09 Å². The van der Waals surface area contributed by atoms with Crippen molar-refractivity contribution in [2.45, 2.75) is 51.8 Å². The molecule has 0 atom stereocenters. The van der Waals surface area contributed by atoms with Crippen LogP contribution in [-0.4, -0.2) is 24.3 Å². The van der Waals surface area contributed by atoms with Crippen molar-refractivity contribution < 1.29 is 9.53 Å². The first-order valence-corrected chi connectivity index (χ1v) is 7.66. The fourth-order valence-electron chi connectivity index (χ4n) is 2.47. The summed E-state index contributed by atoms with van der Waals surface area (Å²) in [6.45, 7) is 7.24. The van der Waals surface area contributed by atoms with Gasteiger partial charge >= 0.3 is 6.09 Å². The van der Waals surface area contributed by atoms with E-state index >= 15 is 0 Å². The second-order valence-electron chi connectivity index (χ2n) is 6.78. The van der Waals surface area contributed by atoms with E-state index in [0.29, 0.717) is 18.5 Å². The average Bonchev–Trinajstić information content (AvgIpc) is 2.35. The standard InChI is InChI=1S/C17H26N2O2/c1-17(2,3)21-16(20)19-12-14-9-15(10-14)18-11-13-7-5-4-6-8-13/h4-8,14-15,18H,9-12H2,1-3H3,(H,19,20). The minimum absolute atomic E-state index is 0.316. The minimum Gasteiger partial charge on any atom is -0.444 e. The molecule has 4 nitrogen and oxygen atoms in total. The van der Waals surface area contributed by atoms with Gasteiger partial charge in [0.15, 0.2) is 0 Å². The molecule has 1 saturated carbocycles. The molecule has 2 N–H and O–H groups in total. The number of hydrogen-bond donors (Lipinski definition) is 2. The third-order valence-corrected chi connectivity index (χ3v) is 3.61. The highest BCUT2D eigenvalue weighted by atomic mass is 16.6. The monoisotopic (exact) mass is 290 g/mol. The molecule has 21 heavy (non-hydrogen) atoms. The molecule has 2 rings (SSSR count). The van der Waals surface area contributed by atoms with Gasteiger partial charge in [-0.05, 0) is 45.1 Å². The largest absolute Gasteiger partial charge is 0.444 e. The van der Waals surface area contributed by atoms with Gasteiger partial charge in [-0.1, -0.05) is 30.3 Å². The van der Waals surface area contributed by atoms with E-state index < -0.39 is 5.60 Å². The maximum atomic E-state index is 11.5. The van der Waals surface area contributed by atoms with Crippen LogP contribution in [0.25, 0.3) is 0 Å². The van der Waals surface area contributed by atoms with E-state index in [1.807, 2.05) is 26.8 Å². The lowest BCUT2D eigenvalue weighted by Gasteiger charge is -2.36. The Bertz CT molecular complexity index is 448. The van der Waals surface area contributed by atoms with Gasteiger partial charge in [-0.3, -0.25) is 0 Å². The first kappa shape index (κ1) is 15.8. The Morgan fingerprint density at radius 2 is 1.90 bits per heavy atom. The summed E-state index contributed by atoms with van der Waals surface area (Å²) in [5, 5.41) is 6.39. The number of carbonyl (C=O) groups is 1. The third kappa shape index (κ3) is 5.76. The molecule has 1 aliphatic rings. The van der Waals surface area contributed by atoms with Crippen LogP contribution in [0.1, 0.15) is 39.2 Å². The van der Waals surface area contributed by atoms with Gasteiger partial charge in [0.05, 0.1) is 0 Å². The Balaban J connectivity index is 1.56. The smallest absolute Gasteiger partial charge is 0.407 e. The van der Waals surface area contributed by atoms with Crippen LogP contribution in [0.3, 0.4) is 0 Å². The van der Waals surface area contributed by atoms with Crippen LogP contribution < -0.4 is 10.6 Å². The summed E-state index contributed by atoms with van der Waals surface area (Å²) in [5.74, 6) is 0.561. The number of benzene rings is 1. The van der Waals surface area contributed by atoms with Crippen LogP contribution in [0, 0.1) is 5.92 Å². The molecule has 0 spiro atoms. The summed E-state index contributed by atoms with van der Waals surface area (Å²) in [6.07, 6.45) is 1.91. The van der Waals surface area contributed by atoms with Crippen LogP contribution >= 0.6 is 0 Å². The highest BCUT2D eigenvalue weighted by Gasteiger charge is 2.29. The Hall–Kier alpha value is -1.55.